The zero-order chi connectivity index (χ0) is 28.6. The highest BCUT2D eigenvalue weighted by molar-refractivity contribution is 6.19. The maximum Gasteiger partial charge on any atom is 0.271 e. The van der Waals surface area contributed by atoms with Crippen molar-refractivity contribution in [3.63, 3.8) is 0 Å². The summed E-state index contributed by atoms with van der Waals surface area (Å²) in [5.74, 6) is 0.445. The van der Waals surface area contributed by atoms with E-state index < -0.39 is 5.91 Å². The fourth-order valence-electron chi connectivity index (χ4n) is 4.56. The fourth-order valence-corrected chi connectivity index (χ4v) is 4.56. The Morgan fingerprint density at radius 2 is 1.75 bits per heavy atom. The molecule has 40 heavy (non-hydrogen) atoms. The van der Waals surface area contributed by atoms with E-state index in [1.807, 2.05) is 66.9 Å². The Kier molecular flexibility index (Phi) is 9.34. The summed E-state index contributed by atoms with van der Waals surface area (Å²) in [7, 11) is 0. The molecule has 1 aliphatic rings. The number of unbranched alkanes of at least 4 members (excludes halogenated alkanes) is 2. The van der Waals surface area contributed by atoms with Crippen molar-refractivity contribution in [2.24, 2.45) is 5.92 Å². The van der Waals surface area contributed by atoms with Crippen LogP contribution in [0.4, 0.5) is 0 Å². The van der Waals surface area contributed by atoms with Crippen LogP contribution >= 0.6 is 0 Å². The molecule has 3 aromatic rings. The minimum atomic E-state index is -0.522. The molecule has 0 saturated carbocycles. The van der Waals surface area contributed by atoms with Crippen molar-refractivity contribution in [1.29, 1.82) is 5.26 Å². The van der Waals surface area contributed by atoms with Crippen molar-refractivity contribution < 1.29 is 14.3 Å². The highest BCUT2D eigenvalue weighted by Crippen LogP contribution is 2.32. The van der Waals surface area contributed by atoms with E-state index in [2.05, 4.69) is 20.8 Å². The Bertz CT molecular complexity index is 1460. The highest BCUT2D eigenvalue weighted by atomic mass is 16.5. The van der Waals surface area contributed by atoms with Gasteiger partial charge in [-0.1, -0.05) is 51.8 Å². The molecular formula is C33H36N4O3. The molecule has 1 aromatic heterocycles. The molecule has 2 aromatic carbocycles. The van der Waals surface area contributed by atoms with Crippen LogP contribution in [0.1, 0.15) is 58.9 Å². The van der Waals surface area contributed by atoms with Gasteiger partial charge in [0.25, 0.3) is 11.8 Å². The Morgan fingerprint density at radius 3 is 2.40 bits per heavy atom. The van der Waals surface area contributed by atoms with Gasteiger partial charge in [0.1, 0.15) is 17.4 Å². The Labute approximate surface area is 236 Å². The van der Waals surface area contributed by atoms with Crippen molar-refractivity contribution in [2.75, 3.05) is 13.2 Å². The first kappa shape index (κ1) is 28.6. The van der Waals surface area contributed by atoms with Crippen LogP contribution in [-0.4, -0.2) is 39.6 Å². The molecule has 0 radical (unpaired) electrons. The number of amides is 2. The molecule has 0 spiro atoms. The molecule has 0 atom stereocenters. The monoisotopic (exact) mass is 536 g/mol. The molecule has 0 aliphatic carbocycles. The summed E-state index contributed by atoms with van der Waals surface area (Å²) in [6.45, 7) is 8.99. The lowest BCUT2D eigenvalue weighted by Crippen LogP contribution is -2.43. The smallest absolute Gasteiger partial charge is 0.271 e. The molecule has 206 valence electrons. The van der Waals surface area contributed by atoms with Crippen molar-refractivity contribution >= 4 is 17.9 Å². The second-order valence-corrected chi connectivity index (χ2v) is 10.4. The lowest BCUT2D eigenvalue weighted by Gasteiger charge is -2.27. The minimum absolute atomic E-state index is 0.00208. The van der Waals surface area contributed by atoms with Crippen LogP contribution in [0, 0.1) is 17.2 Å². The van der Waals surface area contributed by atoms with Crippen molar-refractivity contribution in [1.82, 2.24) is 14.7 Å². The van der Waals surface area contributed by atoms with E-state index in [1.54, 1.807) is 17.7 Å². The summed E-state index contributed by atoms with van der Waals surface area (Å²) in [6, 6.07) is 19.5. The van der Waals surface area contributed by atoms with Gasteiger partial charge in [0, 0.05) is 29.4 Å². The third kappa shape index (κ3) is 6.40. The zero-order valence-corrected chi connectivity index (χ0v) is 23.7. The molecule has 0 saturated heterocycles. The molecule has 0 unspecified atom stereocenters. The maximum absolute atomic E-state index is 13.6. The number of imide groups is 1. The molecule has 2 amide bonds. The van der Waals surface area contributed by atoms with Gasteiger partial charge in [-0.25, -0.2) is 4.68 Å². The zero-order valence-electron chi connectivity index (χ0n) is 23.7. The molecule has 4 rings (SSSR count). The van der Waals surface area contributed by atoms with Gasteiger partial charge >= 0.3 is 0 Å². The Morgan fingerprint density at radius 1 is 1.02 bits per heavy atom. The number of benzene rings is 2. The molecule has 0 bridgehead atoms. The highest BCUT2D eigenvalue weighted by Gasteiger charge is 2.35. The first-order chi connectivity index (χ1) is 19.3. The summed E-state index contributed by atoms with van der Waals surface area (Å²) in [4.78, 5) is 27.7. The number of hydrogen-bond donors (Lipinski definition) is 0. The van der Waals surface area contributed by atoms with Gasteiger partial charge in [-0.15, -0.1) is 0 Å². The second-order valence-electron chi connectivity index (χ2n) is 10.4. The number of ether oxygens (including phenoxy) is 1. The van der Waals surface area contributed by atoms with Gasteiger partial charge in [-0.2, -0.15) is 10.4 Å². The molecule has 7 heteroatoms. The first-order valence-electron chi connectivity index (χ1n) is 13.9. The van der Waals surface area contributed by atoms with Crippen molar-refractivity contribution in [2.45, 2.75) is 53.4 Å². The van der Waals surface area contributed by atoms with E-state index in [0.717, 1.165) is 36.3 Å². The second kappa shape index (κ2) is 13.1. The average Bonchev–Trinajstić information content (AvgIpc) is 3.38. The largest absolute Gasteiger partial charge is 0.494 e. The van der Waals surface area contributed by atoms with Gasteiger partial charge < -0.3 is 4.74 Å². The SMILES string of the molecule is CCCCCN1C(=O)C(C#N)=C(C)/C(=C\c2cn(-c3ccccc3)nc2-c2ccc(OCCC(C)C)cc2)C1=O. The van der Waals surface area contributed by atoms with E-state index in [9.17, 15) is 14.9 Å². The van der Waals surface area contributed by atoms with Crippen molar-refractivity contribution in [3.8, 4) is 28.8 Å². The normalized spacial score (nSPS) is 14.8. The molecular weight excluding hydrogens is 500 g/mol. The van der Waals surface area contributed by atoms with Crippen LogP contribution in [0.15, 0.2) is 77.5 Å². The predicted molar refractivity (Wildman–Crippen MR) is 156 cm³/mol. The molecule has 0 N–H and O–H groups in total. The third-order valence-electron chi connectivity index (χ3n) is 6.97. The average molecular weight is 537 g/mol. The summed E-state index contributed by atoms with van der Waals surface area (Å²) in [5.41, 5.74) is 3.84. The summed E-state index contributed by atoms with van der Waals surface area (Å²) < 4.78 is 7.67. The standard InChI is InChI=1S/C33H36N4O3/c1-5-6-10-18-36-32(38)29(24(4)30(21-34)33(36)39)20-26-22-37(27-11-8-7-9-12-27)35-31(26)25-13-15-28(16-14-25)40-19-17-23(2)3/h7-9,11-16,20,22-23H,5-6,10,17-19H2,1-4H3/b29-20+. The number of carbonyl (C=O) groups is 2. The topological polar surface area (TPSA) is 88.2 Å². The number of para-hydroxylation sites is 1. The summed E-state index contributed by atoms with van der Waals surface area (Å²) in [5, 5.41) is 14.6. The number of nitriles is 1. The first-order valence-corrected chi connectivity index (χ1v) is 13.9. The molecule has 0 fully saturated rings. The molecule has 2 heterocycles. The van der Waals surface area contributed by atoms with Crippen LogP contribution in [-0.2, 0) is 9.59 Å². The summed E-state index contributed by atoms with van der Waals surface area (Å²) in [6.07, 6.45) is 7.15. The van der Waals surface area contributed by atoms with Crippen molar-refractivity contribution in [3.05, 3.63) is 83.1 Å². The third-order valence-corrected chi connectivity index (χ3v) is 6.97. The van der Waals surface area contributed by atoms with Crippen LogP contribution < -0.4 is 4.74 Å². The quantitative estimate of drug-likeness (QED) is 0.154. The predicted octanol–water partition coefficient (Wildman–Crippen LogP) is 6.75. The van der Waals surface area contributed by atoms with Crippen LogP contribution in [0.3, 0.4) is 0 Å². The lowest BCUT2D eigenvalue weighted by atomic mass is 9.93. The van der Waals surface area contributed by atoms with E-state index in [0.29, 0.717) is 41.3 Å². The number of hydrogen-bond acceptors (Lipinski definition) is 5. The maximum atomic E-state index is 13.6. The summed E-state index contributed by atoms with van der Waals surface area (Å²) >= 11 is 0. The van der Waals surface area contributed by atoms with Crippen LogP contribution in [0.5, 0.6) is 5.75 Å². The van der Waals surface area contributed by atoms with Crippen LogP contribution in [0.25, 0.3) is 23.0 Å². The molecule has 7 nitrogen and oxygen atoms in total. The van der Waals surface area contributed by atoms with Gasteiger partial charge in [0.2, 0.25) is 0 Å². The van der Waals surface area contributed by atoms with Crippen LogP contribution in [0.2, 0.25) is 0 Å². The number of aromatic nitrogens is 2. The molecule has 1 aliphatic heterocycles. The van der Waals surface area contributed by atoms with Gasteiger partial charge in [-0.3, -0.25) is 14.5 Å². The van der Waals surface area contributed by atoms with E-state index >= 15 is 0 Å². The number of carbonyl (C=O) groups excluding carboxylic acids is 2. The fraction of sp³-hybridized carbons (Fsp3) is 0.333. The Hall–Kier alpha value is -4.44. The number of nitrogens with zero attached hydrogens (tertiary/aromatic N) is 4. The van der Waals surface area contributed by atoms with Gasteiger partial charge in [-0.05, 0) is 73.7 Å². The van der Waals surface area contributed by atoms with E-state index in [1.165, 1.54) is 4.90 Å². The Balaban J connectivity index is 1.77. The number of rotatable bonds is 11. The minimum Gasteiger partial charge on any atom is -0.494 e. The van der Waals surface area contributed by atoms with Gasteiger partial charge in [0.05, 0.1) is 18.0 Å². The van der Waals surface area contributed by atoms with Gasteiger partial charge in [0.15, 0.2) is 0 Å². The van der Waals surface area contributed by atoms with E-state index in [4.69, 9.17) is 9.84 Å². The van der Waals surface area contributed by atoms with E-state index in [-0.39, 0.29) is 18.0 Å². The lowest BCUT2D eigenvalue weighted by molar-refractivity contribution is -0.140.